The summed E-state index contributed by atoms with van der Waals surface area (Å²) in [5, 5.41) is 0. The maximum Gasteiger partial charge on any atom is 0.306 e. The smallest absolute Gasteiger partial charge is 0.306 e. The maximum atomic E-state index is 11.6. The van der Waals surface area contributed by atoms with Gasteiger partial charge in [0.25, 0.3) is 0 Å². The Morgan fingerprint density at radius 3 is 2.57 bits per heavy atom. The van der Waals surface area contributed by atoms with E-state index in [0.717, 1.165) is 25.0 Å². The standard InChI is InChI=1S/C18H28O3/c1-5-7-12-18(19)21-15(4)13-20-17-11-9-8-10-16(17)14(3)6-2/h8-11,14-15H,5-7,12-13H2,1-4H3/t14-,15-/m0/s1. The first-order valence-corrected chi connectivity index (χ1v) is 7.99. The minimum absolute atomic E-state index is 0.136. The second-order valence-electron chi connectivity index (χ2n) is 5.56. The van der Waals surface area contributed by atoms with Gasteiger partial charge in [0.05, 0.1) is 0 Å². The van der Waals surface area contributed by atoms with Gasteiger partial charge in [0.2, 0.25) is 0 Å². The highest BCUT2D eigenvalue weighted by molar-refractivity contribution is 5.69. The highest BCUT2D eigenvalue weighted by Gasteiger charge is 2.13. The number of hydrogen-bond acceptors (Lipinski definition) is 3. The number of esters is 1. The normalized spacial score (nSPS) is 13.5. The Hall–Kier alpha value is -1.51. The monoisotopic (exact) mass is 292 g/mol. The third-order valence-electron chi connectivity index (χ3n) is 3.60. The Bertz CT molecular complexity index is 428. The van der Waals surface area contributed by atoms with Gasteiger partial charge in [-0.2, -0.15) is 0 Å². The summed E-state index contributed by atoms with van der Waals surface area (Å²) >= 11 is 0. The van der Waals surface area contributed by atoms with Crippen LogP contribution in [0.25, 0.3) is 0 Å². The van der Waals surface area contributed by atoms with Gasteiger partial charge < -0.3 is 9.47 Å². The average Bonchev–Trinajstić information content (AvgIpc) is 2.50. The molecule has 21 heavy (non-hydrogen) atoms. The molecule has 0 spiro atoms. The highest BCUT2D eigenvalue weighted by Crippen LogP contribution is 2.28. The number of unbranched alkanes of at least 4 members (excludes halogenated alkanes) is 1. The summed E-state index contributed by atoms with van der Waals surface area (Å²) in [6.07, 6.45) is 3.22. The molecule has 3 nitrogen and oxygen atoms in total. The van der Waals surface area contributed by atoms with Gasteiger partial charge in [0, 0.05) is 6.42 Å². The van der Waals surface area contributed by atoms with Crippen molar-refractivity contribution >= 4 is 5.97 Å². The lowest BCUT2D eigenvalue weighted by molar-refractivity contribution is -0.149. The van der Waals surface area contributed by atoms with Crippen LogP contribution in [0.2, 0.25) is 0 Å². The first-order chi connectivity index (χ1) is 10.1. The summed E-state index contributed by atoms with van der Waals surface area (Å²) in [6.45, 7) is 8.68. The van der Waals surface area contributed by atoms with E-state index in [1.807, 2.05) is 25.1 Å². The Labute approximate surface area is 128 Å². The van der Waals surface area contributed by atoms with Crippen LogP contribution in [-0.2, 0) is 9.53 Å². The van der Waals surface area contributed by atoms with Crippen LogP contribution < -0.4 is 4.74 Å². The molecule has 0 aliphatic carbocycles. The van der Waals surface area contributed by atoms with E-state index in [-0.39, 0.29) is 12.1 Å². The maximum absolute atomic E-state index is 11.6. The van der Waals surface area contributed by atoms with E-state index in [0.29, 0.717) is 18.9 Å². The molecular formula is C18H28O3. The van der Waals surface area contributed by atoms with Crippen molar-refractivity contribution in [3.63, 3.8) is 0 Å². The van der Waals surface area contributed by atoms with Gasteiger partial charge in [-0.05, 0) is 37.3 Å². The van der Waals surface area contributed by atoms with E-state index in [4.69, 9.17) is 9.47 Å². The molecule has 0 aliphatic rings. The number of carbonyl (C=O) groups excluding carboxylic acids is 1. The predicted molar refractivity (Wildman–Crippen MR) is 85.7 cm³/mol. The van der Waals surface area contributed by atoms with Gasteiger partial charge in [-0.15, -0.1) is 0 Å². The third-order valence-corrected chi connectivity index (χ3v) is 3.60. The Morgan fingerprint density at radius 1 is 1.19 bits per heavy atom. The van der Waals surface area contributed by atoms with Crippen LogP contribution in [0.3, 0.4) is 0 Å². The topological polar surface area (TPSA) is 35.5 Å². The summed E-state index contributed by atoms with van der Waals surface area (Å²) in [5.74, 6) is 1.22. The van der Waals surface area contributed by atoms with Crippen LogP contribution >= 0.6 is 0 Å². The molecule has 0 saturated heterocycles. The lowest BCUT2D eigenvalue weighted by Crippen LogP contribution is -2.22. The summed E-state index contributed by atoms with van der Waals surface area (Å²) in [6, 6.07) is 8.08. The molecule has 0 heterocycles. The molecule has 2 atom stereocenters. The van der Waals surface area contributed by atoms with Crippen LogP contribution in [-0.4, -0.2) is 18.7 Å². The second-order valence-corrected chi connectivity index (χ2v) is 5.56. The molecule has 0 saturated carbocycles. The molecule has 0 aromatic heterocycles. The number of rotatable bonds is 9. The van der Waals surface area contributed by atoms with Crippen molar-refractivity contribution in [2.45, 2.75) is 65.4 Å². The van der Waals surface area contributed by atoms with E-state index in [1.54, 1.807) is 0 Å². The van der Waals surface area contributed by atoms with E-state index in [1.165, 1.54) is 5.56 Å². The molecule has 0 amide bonds. The van der Waals surface area contributed by atoms with Gasteiger partial charge in [-0.25, -0.2) is 0 Å². The van der Waals surface area contributed by atoms with Crippen LogP contribution in [0.4, 0.5) is 0 Å². The van der Waals surface area contributed by atoms with Crippen molar-refractivity contribution in [3.05, 3.63) is 29.8 Å². The molecule has 1 rings (SSSR count). The minimum atomic E-state index is -0.223. The summed E-state index contributed by atoms with van der Waals surface area (Å²) in [4.78, 5) is 11.6. The third kappa shape index (κ3) is 6.19. The van der Waals surface area contributed by atoms with Gasteiger partial charge in [0.15, 0.2) is 0 Å². The van der Waals surface area contributed by atoms with Gasteiger partial charge in [0.1, 0.15) is 18.5 Å². The fraction of sp³-hybridized carbons (Fsp3) is 0.611. The Kier molecular flexibility index (Phi) is 7.88. The molecule has 3 heteroatoms. The highest BCUT2D eigenvalue weighted by atomic mass is 16.6. The zero-order chi connectivity index (χ0) is 15.7. The fourth-order valence-electron chi connectivity index (χ4n) is 2.08. The van der Waals surface area contributed by atoms with Crippen LogP contribution in [0.1, 0.15) is 64.9 Å². The predicted octanol–water partition coefficient (Wildman–Crippen LogP) is 4.70. The van der Waals surface area contributed by atoms with Crippen LogP contribution in [0.15, 0.2) is 24.3 Å². The van der Waals surface area contributed by atoms with E-state index in [9.17, 15) is 4.79 Å². The molecular weight excluding hydrogens is 264 g/mol. The lowest BCUT2D eigenvalue weighted by atomic mass is 9.98. The van der Waals surface area contributed by atoms with Crippen molar-refractivity contribution in [1.82, 2.24) is 0 Å². The number of ether oxygens (including phenoxy) is 2. The molecule has 1 aromatic carbocycles. The van der Waals surface area contributed by atoms with E-state index in [2.05, 4.69) is 26.8 Å². The minimum Gasteiger partial charge on any atom is -0.489 e. The second kappa shape index (κ2) is 9.43. The Balaban J connectivity index is 2.49. The molecule has 0 aliphatic heterocycles. The van der Waals surface area contributed by atoms with Crippen LogP contribution in [0.5, 0.6) is 5.75 Å². The fourth-order valence-corrected chi connectivity index (χ4v) is 2.08. The van der Waals surface area contributed by atoms with Gasteiger partial charge in [-0.1, -0.05) is 45.4 Å². The number of carbonyl (C=O) groups is 1. The van der Waals surface area contributed by atoms with Crippen molar-refractivity contribution in [3.8, 4) is 5.75 Å². The summed E-state index contributed by atoms with van der Waals surface area (Å²) < 4.78 is 11.2. The molecule has 0 fully saturated rings. The van der Waals surface area contributed by atoms with E-state index < -0.39 is 0 Å². The largest absolute Gasteiger partial charge is 0.489 e. The Morgan fingerprint density at radius 2 is 1.90 bits per heavy atom. The van der Waals surface area contributed by atoms with Crippen molar-refractivity contribution in [2.24, 2.45) is 0 Å². The average molecular weight is 292 g/mol. The molecule has 0 unspecified atom stereocenters. The summed E-state index contributed by atoms with van der Waals surface area (Å²) in [7, 11) is 0. The van der Waals surface area contributed by atoms with Crippen molar-refractivity contribution in [2.75, 3.05) is 6.61 Å². The van der Waals surface area contributed by atoms with Gasteiger partial charge >= 0.3 is 5.97 Å². The van der Waals surface area contributed by atoms with Crippen molar-refractivity contribution in [1.29, 1.82) is 0 Å². The first-order valence-electron chi connectivity index (χ1n) is 7.99. The van der Waals surface area contributed by atoms with Gasteiger partial charge in [-0.3, -0.25) is 4.79 Å². The molecule has 118 valence electrons. The quantitative estimate of drug-likeness (QED) is 0.619. The SMILES string of the molecule is CCCCC(=O)O[C@@H](C)COc1ccccc1[C@@H](C)CC. The molecule has 0 N–H and O–H groups in total. The number of hydrogen-bond donors (Lipinski definition) is 0. The number of benzene rings is 1. The molecule has 0 bridgehead atoms. The molecule has 0 radical (unpaired) electrons. The van der Waals surface area contributed by atoms with Crippen LogP contribution in [0, 0.1) is 0 Å². The summed E-state index contributed by atoms with van der Waals surface area (Å²) in [5.41, 5.74) is 1.21. The van der Waals surface area contributed by atoms with E-state index >= 15 is 0 Å². The molecule has 1 aromatic rings. The lowest BCUT2D eigenvalue weighted by Gasteiger charge is -2.18. The zero-order valence-electron chi connectivity index (χ0n) is 13.7. The number of para-hydroxylation sites is 1. The zero-order valence-corrected chi connectivity index (χ0v) is 13.7. The first kappa shape index (κ1) is 17.5. The van der Waals surface area contributed by atoms with Crippen molar-refractivity contribution < 1.29 is 14.3 Å².